The molecular weight excluding hydrogens is 250 g/mol. The predicted octanol–water partition coefficient (Wildman–Crippen LogP) is 2.75. The van der Waals surface area contributed by atoms with Crippen LogP contribution in [0, 0.1) is 11.8 Å². The molecule has 2 fully saturated rings. The van der Waals surface area contributed by atoms with Gasteiger partial charge >= 0.3 is 0 Å². The van der Waals surface area contributed by atoms with Gasteiger partial charge in [-0.15, -0.1) is 0 Å². The second-order valence-corrected chi connectivity index (χ2v) is 6.10. The lowest BCUT2D eigenvalue weighted by Gasteiger charge is -2.27. The van der Waals surface area contributed by atoms with Crippen LogP contribution in [0.25, 0.3) is 0 Å². The lowest BCUT2D eigenvalue weighted by molar-refractivity contribution is -0.122. The van der Waals surface area contributed by atoms with Crippen LogP contribution in [0.15, 0.2) is 30.3 Å². The van der Waals surface area contributed by atoms with E-state index in [0.29, 0.717) is 23.7 Å². The molecule has 1 aromatic carbocycles. The highest BCUT2D eigenvalue weighted by molar-refractivity contribution is 5.85. The molecule has 2 aliphatic rings. The number of Topliss-reactive ketones (excluding diaryl/α,β-unsaturated/α-hetero) is 1. The first-order chi connectivity index (χ1) is 9.75. The fourth-order valence-electron chi connectivity index (χ4n) is 3.88. The lowest BCUT2D eigenvalue weighted by atomic mass is 10.00. The number of ketones is 1. The Kier molecular flexibility index (Phi) is 4.06. The number of rotatable bonds is 6. The molecule has 0 saturated heterocycles. The molecule has 3 unspecified atom stereocenters. The number of carbonyl (C=O) groups excluding carboxylic acids is 1. The number of benzene rings is 1. The van der Waals surface area contributed by atoms with Crippen molar-refractivity contribution in [3.8, 4) is 5.75 Å². The van der Waals surface area contributed by atoms with Gasteiger partial charge < -0.3 is 9.64 Å². The van der Waals surface area contributed by atoms with Gasteiger partial charge in [-0.3, -0.25) is 4.79 Å². The Morgan fingerprint density at radius 3 is 2.70 bits per heavy atom. The molecule has 2 saturated carbocycles. The van der Waals surface area contributed by atoms with E-state index in [1.165, 1.54) is 6.42 Å². The van der Waals surface area contributed by atoms with Crippen LogP contribution in [0.5, 0.6) is 5.75 Å². The van der Waals surface area contributed by atoms with Crippen LogP contribution in [-0.2, 0) is 4.79 Å². The van der Waals surface area contributed by atoms with Crippen molar-refractivity contribution in [3.63, 3.8) is 0 Å². The highest BCUT2D eigenvalue weighted by atomic mass is 16.5. The molecule has 0 aliphatic heterocycles. The maximum atomic E-state index is 11.8. The van der Waals surface area contributed by atoms with Crippen molar-refractivity contribution < 1.29 is 9.53 Å². The van der Waals surface area contributed by atoms with Gasteiger partial charge in [0, 0.05) is 24.9 Å². The average molecular weight is 273 g/mol. The molecule has 3 atom stereocenters. The van der Waals surface area contributed by atoms with E-state index in [0.717, 1.165) is 38.2 Å². The SMILES string of the molecule is CN(CCCOc1ccccc1)C1C2CCC1C(=O)C2. The van der Waals surface area contributed by atoms with Crippen LogP contribution in [0.3, 0.4) is 0 Å². The van der Waals surface area contributed by atoms with E-state index >= 15 is 0 Å². The zero-order chi connectivity index (χ0) is 13.9. The standard InChI is InChI=1S/C17H23NO2/c1-18(17-13-8-9-15(17)16(19)12-13)10-5-11-20-14-6-3-2-4-7-14/h2-4,6-7,13,15,17H,5,8-12H2,1H3. The van der Waals surface area contributed by atoms with Gasteiger partial charge in [-0.05, 0) is 44.4 Å². The van der Waals surface area contributed by atoms with Crippen molar-refractivity contribution in [2.24, 2.45) is 11.8 Å². The molecule has 108 valence electrons. The Bertz CT molecular complexity index is 459. The molecule has 0 N–H and O–H groups in total. The highest BCUT2D eigenvalue weighted by Gasteiger charge is 2.48. The molecule has 2 bridgehead atoms. The minimum Gasteiger partial charge on any atom is -0.494 e. The summed E-state index contributed by atoms with van der Waals surface area (Å²) in [5.41, 5.74) is 0. The maximum Gasteiger partial charge on any atom is 0.137 e. The van der Waals surface area contributed by atoms with Gasteiger partial charge in [-0.1, -0.05) is 18.2 Å². The van der Waals surface area contributed by atoms with E-state index in [1.54, 1.807) is 0 Å². The first kappa shape index (κ1) is 13.6. The van der Waals surface area contributed by atoms with Gasteiger partial charge in [0.05, 0.1) is 6.61 Å². The molecular formula is C17H23NO2. The topological polar surface area (TPSA) is 29.5 Å². The Hall–Kier alpha value is -1.35. The quantitative estimate of drug-likeness (QED) is 0.746. The minimum atomic E-state index is 0.319. The lowest BCUT2D eigenvalue weighted by Crippen LogP contribution is -2.37. The van der Waals surface area contributed by atoms with Crippen molar-refractivity contribution in [2.75, 3.05) is 20.2 Å². The monoisotopic (exact) mass is 273 g/mol. The third-order valence-corrected chi connectivity index (χ3v) is 4.80. The van der Waals surface area contributed by atoms with Gasteiger partial charge in [0.1, 0.15) is 11.5 Å². The van der Waals surface area contributed by atoms with E-state index in [-0.39, 0.29) is 0 Å². The number of fused-ring (bicyclic) bond motifs is 2. The normalized spacial score (nSPS) is 28.3. The Balaban J connectivity index is 1.42. The smallest absolute Gasteiger partial charge is 0.137 e. The number of hydrogen-bond donors (Lipinski definition) is 0. The van der Waals surface area contributed by atoms with Gasteiger partial charge in [-0.2, -0.15) is 0 Å². The van der Waals surface area contributed by atoms with E-state index in [4.69, 9.17) is 4.74 Å². The fourth-order valence-corrected chi connectivity index (χ4v) is 3.88. The number of nitrogens with zero attached hydrogens (tertiary/aromatic N) is 1. The zero-order valence-electron chi connectivity index (χ0n) is 12.1. The van der Waals surface area contributed by atoms with E-state index in [1.807, 2.05) is 30.3 Å². The van der Waals surface area contributed by atoms with Crippen LogP contribution >= 0.6 is 0 Å². The summed E-state index contributed by atoms with van der Waals surface area (Å²) in [6.07, 6.45) is 4.18. The molecule has 1 aromatic rings. The summed E-state index contributed by atoms with van der Waals surface area (Å²) >= 11 is 0. The number of carbonyl (C=O) groups is 1. The average Bonchev–Trinajstić information content (AvgIpc) is 3.01. The number of hydrogen-bond acceptors (Lipinski definition) is 3. The maximum absolute atomic E-state index is 11.8. The van der Waals surface area contributed by atoms with E-state index < -0.39 is 0 Å². The molecule has 0 spiro atoms. The van der Waals surface area contributed by atoms with E-state index in [9.17, 15) is 4.79 Å². The third-order valence-electron chi connectivity index (χ3n) is 4.80. The molecule has 20 heavy (non-hydrogen) atoms. The Morgan fingerprint density at radius 1 is 1.25 bits per heavy atom. The van der Waals surface area contributed by atoms with Gasteiger partial charge in [0.15, 0.2) is 0 Å². The molecule has 3 heteroatoms. The van der Waals surface area contributed by atoms with Crippen molar-refractivity contribution in [2.45, 2.75) is 31.7 Å². The summed E-state index contributed by atoms with van der Waals surface area (Å²) in [6.45, 7) is 1.75. The zero-order valence-corrected chi connectivity index (χ0v) is 12.1. The number of ether oxygens (including phenoxy) is 1. The highest BCUT2D eigenvalue weighted by Crippen LogP contribution is 2.44. The molecule has 0 heterocycles. The van der Waals surface area contributed by atoms with Crippen molar-refractivity contribution >= 4 is 5.78 Å². The van der Waals surface area contributed by atoms with Gasteiger partial charge in [0.25, 0.3) is 0 Å². The molecule has 2 aliphatic carbocycles. The third kappa shape index (κ3) is 2.73. The van der Waals surface area contributed by atoms with Crippen LogP contribution in [0.4, 0.5) is 0 Å². The first-order valence-electron chi connectivity index (χ1n) is 7.66. The summed E-state index contributed by atoms with van der Waals surface area (Å²) in [5.74, 6) is 2.37. The predicted molar refractivity (Wildman–Crippen MR) is 78.8 cm³/mol. The second kappa shape index (κ2) is 5.96. The van der Waals surface area contributed by atoms with E-state index in [2.05, 4.69) is 11.9 Å². The summed E-state index contributed by atoms with van der Waals surface area (Å²) in [6, 6.07) is 10.4. The summed E-state index contributed by atoms with van der Waals surface area (Å²) in [4.78, 5) is 14.2. The Morgan fingerprint density at radius 2 is 2.05 bits per heavy atom. The second-order valence-electron chi connectivity index (χ2n) is 6.10. The first-order valence-corrected chi connectivity index (χ1v) is 7.66. The van der Waals surface area contributed by atoms with Crippen LogP contribution < -0.4 is 4.74 Å². The summed E-state index contributed by atoms with van der Waals surface area (Å²) < 4.78 is 5.72. The molecule has 0 radical (unpaired) electrons. The molecule has 3 nitrogen and oxygen atoms in total. The van der Waals surface area contributed by atoms with Crippen LogP contribution in [0.1, 0.15) is 25.7 Å². The van der Waals surface area contributed by atoms with Gasteiger partial charge in [-0.25, -0.2) is 0 Å². The van der Waals surface area contributed by atoms with Crippen molar-refractivity contribution in [1.29, 1.82) is 0 Å². The molecule has 3 rings (SSSR count). The van der Waals surface area contributed by atoms with Gasteiger partial charge in [0.2, 0.25) is 0 Å². The molecule has 0 amide bonds. The Labute approximate surface area is 120 Å². The largest absolute Gasteiger partial charge is 0.494 e. The van der Waals surface area contributed by atoms with Crippen LogP contribution in [0.2, 0.25) is 0 Å². The van der Waals surface area contributed by atoms with Crippen molar-refractivity contribution in [3.05, 3.63) is 30.3 Å². The summed E-state index contributed by atoms with van der Waals surface area (Å²) in [7, 11) is 2.16. The fraction of sp³-hybridized carbons (Fsp3) is 0.588. The number of para-hydroxylation sites is 1. The molecule has 0 aromatic heterocycles. The van der Waals surface area contributed by atoms with Crippen LogP contribution in [-0.4, -0.2) is 36.9 Å². The minimum absolute atomic E-state index is 0.319. The summed E-state index contributed by atoms with van der Waals surface area (Å²) in [5, 5.41) is 0. The van der Waals surface area contributed by atoms with Crippen molar-refractivity contribution in [1.82, 2.24) is 4.90 Å².